The van der Waals surface area contributed by atoms with Crippen molar-refractivity contribution < 1.29 is 12.3 Å². The molecule has 1 aromatic carbocycles. The van der Waals surface area contributed by atoms with Gasteiger partial charge in [-0.05, 0) is 17.3 Å². The molecule has 0 spiro atoms. The van der Waals surface area contributed by atoms with Crippen LogP contribution >= 0.6 is 0 Å². The third kappa shape index (κ3) is 2.11. The van der Waals surface area contributed by atoms with E-state index in [1.165, 1.54) is 0 Å². The van der Waals surface area contributed by atoms with Gasteiger partial charge in [-0.3, -0.25) is 4.98 Å². The molecule has 1 fully saturated rings. The summed E-state index contributed by atoms with van der Waals surface area (Å²) in [5.41, 5.74) is 0. The Bertz CT molecular complexity index is 464. The molecular weight excluding hydrogens is 278 g/mol. The van der Waals surface area contributed by atoms with Crippen molar-refractivity contribution in [3.8, 4) is 0 Å². The zero-order valence-corrected chi connectivity index (χ0v) is 12.4. The molecule has 18 heavy (non-hydrogen) atoms. The van der Waals surface area contributed by atoms with E-state index in [0.717, 1.165) is 10.5 Å². The fourth-order valence-corrected chi connectivity index (χ4v) is 7.75. The third-order valence-electron chi connectivity index (χ3n) is 2.61. The maximum absolute atomic E-state index is 5.90. The first-order valence-electron chi connectivity index (χ1n) is 5.41. The Morgan fingerprint density at radius 3 is 2.28 bits per heavy atom. The molecule has 7 heteroatoms. The fourth-order valence-electron chi connectivity index (χ4n) is 1.78. The Morgan fingerprint density at radius 1 is 0.889 bits per heavy atom. The van der Waals surface area contributed by atoms with E-state index in [4.69, 9.17) is 12.3 Å². The van der Waals surface area contributed by atoms with Crippen LogP contribution in [0.4, 0.5) is 0 Å². The van der Waals surface area contributed by atoms with E-state index in [0.29, 0.717) is 0 Å². The van der Waals surface area contributed by atoms with E-state index in [1.54, 1.807) is 6.20 Å². The smallest absolute Gasteiger partial charge is 0.412 e. The monoisotopic (exact) mass is 287 g/mol. The topological polar surface area (TPSA) is 40.6 Å². The molecule has 0 unspecified atom stereocenters. The van der Waals surface area contributed by atoms with Crippen molar-refractivity contribution in [3.05, 3.63) is 54.7 Å². The van der Waals surface area contributed by atoms with Crippen LogP contribution in [0, 0.1) is 0 Å². The lowest BCUT2D eigenvalue weighted by Gasteiger charge is -2.32. The molecule has 3 rings (SSSR count). The molecule has 88 valence electrons. The summed E-state index contributed by atoms with van der Waals surface area (Å²) in [6.07, 6.45) is 1.77. The van der Waals surface area contributed by atoms with Gasteiger partial charge in [-0.15, -0.1) is 0 Å². The quantitative estimate of drug-likeness (QED) is 0.716. The van der Waals surface area contributed by atoms with Gasteiger partial charge in [0.25, 0.3) is 0 Å². The molecule has 1 aromatic heterocycles. The molecule has 4 nitrogen and oxygen atoms in total. The van der Waals surface area contributed by atoms with Gasteiger partial charge in [-0.2, -0.15) is 0 Å². The van der Waals surface area contributed by atoms with E-state index in [1.807, 2.05) is 48.5 Å². The first-order chi connectivity index (χ1) is 8.92. The predicted octanol–water partition coefficient (Wildman–Crippen LogP) is -0.230. The summed E-state index contributed by atoms with van der Waals surface area (Å²) >= 11 is 0. The number of nitrogens with zero attached hydrogens (tertiary/aromatic N) is 1. The van der Waals surface area contributed by atoms with Crippen LogP contribution < -0.4 is 10.5 Å². The number of hydrogen-bond donors (Lipinski definition) is 0. The molecule has 2 aromatic rings. The van der Waals surface area contributed by atoms with Gasteiger partial charge in [0.1, 0.15) is 0 Å². The first-order valence-corrected chi connectivity index (χ1v) is 8.86. The second-order valence-corrected chi connectivity index (χ2v) is 8.78. The van der Waals surface area contributed by atoms with Gasteiger partial charge in [-0.1, -0.05) is 36.4 Å². The van der Waals surface area contributed by atoms with E-state index >= 15 is 0 Å². The first kappa shape index (κ1) is 12.0. The van der Waals surface area contributed by atoms with Gasteiger partial charge in [0, 0.05) is 6.20 Å². The molecule has 0 N–H and O–H groups in total. The van der Waals surface area contributed by atoms with Crippen molar-refractivity contribution >= 4 is 39.1 Å². The molecule has 1 saturated heterocycles. The van der Waals surface area contributed by atoms with Crippen molar-refractivity contribution in [2.24, 2.45) is 0 Å². The molecule has 4 radical (unpaired) electrons. The number of hydrogen-bond acceptors (Lipinski definition) is 4. The minimum Gasteiger partial charge on any atom is -0.412 e. The molecule has 0 aliphatic carbocycles. The third-order valence-corrected chi connectivity index (χ3v) is 8.31. The van der Waals surface area contributed by atoms with Crippen LogP contribution in [-0.4, -0.2) is 33.6 Å². The molecule has 2 heterocycles. The van der Waals surface area contributed by atoms with E-state index in [2.05, 4.69) is 4.98 Å². The van der Waals surface area contributed by atoms with Gasteiger partial charge < -0.3 is 12.3 Å². The van der Waals surface area contributed by atoms with Gasteiger partial charge in [0.05, 0.1) is 5.32 Å². The molecule has 0 amide bonds. The highest BCUT2D eigenvalue weighted by Crippen LogP contribution is 2.10. The maximum Gasteiger partial charge on any atom is 0.413 e. The second-order valence-electron chi connectivity index (χ2n) is 3.67. The zero-order valence-electron chi connectivity index (χ0n) is 9.37. The lowest BCUT2D eigenvalue weighted by atomic mass is 10.4. The lowest BCUT2D eigenvalue weighted by molar-refractivity contribution is 0.318. The molecular formula is C11H9NO3Si3. The second kappa shape index (κ2) is 5.26. The van der Waals surface area contributed by atoms with Crippen LogP contribution in [0.15, 0.2) is 54.7 Å². The van der Waals surface area contributed by atoms with Crippen LogP contribution in [0.5, 0.6) is 0 Å². The summed E-state index contributed by atoms with van der Waals surface area (Å²) in [6, 6.07) is 15.8. The highest BCUT2D eigenvalue weighted by atomic mass is 28.5. The number of pyridine rings is 1. The van der Waals surface area contributed by atoms with Crippen molar-refractivity contribution in [1.29, 1.82) is 0 Å². The lowest BCUT2D eigenvalue weighted by Crippen LogP contribution is -2.67. The molecule has 0 atom stereocenters. The highest BCUT2D eigenvalue weighted by Gasteiger charge is 2.46. The molecule has 1 aliphatic rings. The van der Waals surface area contributed by atoms with Crippen molar-refractivity contribution in [2.45, 2.75) is 0 Å². The Hall–Kier alpha value is -1.10. The largest absolute Gasteiger partial charge is 0.413 e. The van der Waals surface area contributed by atoms with Crippen molar-refractivity contribution in [3.63, 3.8) is 0 Å². The predicted molar refractivity (Wildman–Crippen MR) is 70.5 cm³/mol. The van der Waals surface area contributed by atoms with E-state index in [-0.39, 0.29) is 20.0 Å². The SMILES string of the molecule is c1ccc([Si]2(c3ccccn3)O[Si]O[Si]O2)cc1. The minimum atomic E-state index is -2.65. The molecule has 1 aliphatic heterocycles. The Kier molecular flexibility index (Phi) is 3.50. The van der Waals surface area contributed by atoms with E-state index in [9.17, 15) is 0 Å². The highest BCUT2D eigenvalue weighted by molar-refractivity contribution is 6.96. The molecule has 0 saturated carbocycles. The Balaban J connectivity index is 2.10. The summed E-state index contributed by atoms with van der Waals surface area (Å²) in [5, 5.41) is 1.94. The Labute approximate surface area is 111 Å². The van der Waals surface area contributed by atoms with Crippen molar-refractivity contribution in [1.82, 2.24) is 4.98 Å². The van der Waals surface area contributed by atoms with Crippen LogP contribution in [0.1, 0.15) is 0 Å². The standard InChI is InChI=1S/C11H9NO3Si3/c1-2-6-10(7-3-1)18(14-16-13-17-15-18)11-8-4-5-9-12-11/h1-9H. The summed E-state index contributed by atoms with van der Waals surface area (Å²) in [5.74, 6) is 0. The fraction of sp³-hybridized carbons (Fsp3) is 0. The minimum absolute atomic E-state index is 0.0132. The van der Waals surface area contributed by atoms with Gasteiger partial charge in [-0.25, -0.2) is 0 Å². The average molecular weight is 287 g/mol. The normalized spacial score (nSPS) is 18.4. The number of benzene rings is 1. The maximum atomic E-state index is 5.90. The summed E-state index contributed by atoms with van der Waals surface area (Å²) in [6.45, 7) is 0. The van der Waals surface area contributed by atoms with Gasteiger partial charge >= 0.3 is 28.6 Å². The van der Waals surface area contributed by atoms with Crippen LogP contribution in [0.3, 0.4) is 0 Å². The van der Waals surface area contributed by atoms with Gasteiger partial charge in [0.2, 0.25) is 0 Å². The van der Waals surface area contributed by atoms with Crippen LogP contribution in [-0.2, 0) is 12.3 Å². The van der Waals surface area contributed by atoms with Crippen molar-refractivity contribution in [2.75, 3.05) is 0 Å². The zero-order chi connectivity index (χ0) is 12.3. The Morgan fingerprint density at radius 2 is 1.61 bits per heavy atom. The van der Waals surface area contributed by atoms with Gasteiger partial charge in [0.15, 0.2) is 0 Å². The van der Waals surface area contributed by atoms with E-state index < -0.39 is 8.56 Å². The molecule has 0 bridgehead atoms. The summed E-state index contributed by atoms with van der Waals surface area (Å²) in [4.78, 5) is 4.42. The van der Waals surface area contributed by atoms with Crippen LogP contribution in [0.2, 0.25) is 0 Å². The summed E-state index contributed by atoms with van der Waals surface area (Å²) in [7, 11) is -2.62. The number of aromatic nitrogens is 1. The number of rotatable bonds is 2. The summed E-state index contributed by atoms with van der Waals surface area (Å²) < 4.78 is 17.0. The average Bonchev–Trinajstić information content (AvgIpc) is 2.50. The van der Waals surface area contributed by atoms with Crippen LogP contribution in [0.25, 0.3) is 0 Å².